The second-order valence-corrected chi connectivity index (χ2v) is 9.04. The van der Waals surface area contributed by atoms with E-state index >= 15 is 0 Å². The third-order valence-electron chi connectivity index (χ3n) is 5.76. The Morgan fingerprint density at radius 3 is 2.79 bits per heavy atom. The molecule has 3 aromatic rings. The summed E-state index contributed by atoms with van der Waals surface area (Å²) in [4.78, 5) is 19.5. The maximum Gasteiger partial charge on any atom is 0.228 e. The number of rotatable bonds is 3. The third-order valence-corrected chi connectivity index (χ3v) is 5.76. The van der Waals surface area contributed by atoms with Crippen LogP contribution in [0.3, 0.4) is 0 Å². The topological polar surface area (TPSA) is 66.8 Å². The zero-order valence-corrected chi connectivity index (χ0v) is 17.1. The normalized spacial score (nSPS) is 20.6. The van der Waals surface area contributed by atoms with Crippen molar-refractivity contribution in [3.8, 4) is 11.3 Å². The maximum atomic E-state index is 12.7. The van der Waals surface area contributed by atoms with Crippen LogP contribution >= 0.6 is 0 Å². The van der Waals surface area contributed by atoms with Crippen molar-refractivity contribution in [2.75, 3.05) is 6.54 Å². The summed E-state index contributed by atoms with van der Waals surface area (Å²) in [6.07, 6.45) is 7.88. The van der Waals surface area contributed by atoms with Gasteiger partial charge in [-0.3, -0.25) is 9.89 Å². The van der Waals surface area contributed by atoms with Crippen LogP contribution in [0.25, 0.3) is 22.3 Å². The molecule has 0 spiro atoms. The minimum atomic E-state index is -0.309. The fraction of sp³-hybridized carbons (Fsp3) is 0.500. The molecule has 4 rings (SSSR count). The number of aromatic nitrogens is 4. The van der Waals surface area contributed by atoms with Gasteiger partial charge in [0.05, 0.1) is 22.9 Å². The van der Waals surface area contributed by atoms with E-state index in [0.717, 1.165) is 48.2 Å². The average molecular weight is 380 g/mol. The van der Waals surface area contributed by atoms with Crippen LogP contribution in [0.4, 0.5) is 0 Å². The average Bonchev–Trinajstić information content (AvgIpc) is 3.30. The number of pyridine rings is 1. The molecular weight excluding hydrogens is 350 g/mol. The van der Waals surface area contributed by atoms with Crippen LogP contribution in [0.5, 0.6) is 0 Å². The Morgan fingerprint density at radius 2 is 2.11 bits per heavy atom. The van der Waals surface area contributed by atoms with E-state index < -0.39 is 0 Å². The SMILES string of the molecule is CC1CC(Cn2ccc3nc(-c4cn[nH]c4)ccc32)CCN1C(=O)C(C)(C)C. The first-order valence-electron chi connectivity index (χ1n) is 10.1. The van der Waals surface area contributed by atoms with E-state index in [1.807, 2.05) is 27.0 Å². The Labute approximate surface area is 166 Å². The van der Waals surface area contributed by atoms with Gasteiger partial charge in [-0.25, -0.2) is 4.98 Å². The fourth-order valence-electron chi connectivity index (χ4n) is 4.23. The van der Waals surface area contributed by atoms with E-state index in [0.29, 0.717) is 5.92 Å². The smallest absolute Gasteiger partial charge is 0.228 e. The first kappa shape index (κ1) is 18.7. The van der Waals surface area contributed by atoms with Crippen LogP contribution in [-0.2, 0) is 11.3 Å². The molecule has 2 atom stereocenters. The lowest BCUT2D eigenvalue weighted by Crippen LogP contribution is -2.49. The molecule has 1 aliphatic heterocycles. The van der Waals surface area contributed by atoms with Crippen molar-refractivity contribution < 1.29 is 4.79 Å². The van der Waals surface area contributed by atoms with Gasteiger partial charge in [0, 0.05) is 42.5 Å². The molecule has 0 aromatic carbocycles. The second-order valence-electron chi connectivity index (χ2n) is 9.04. The molecule has 0 saturated carbocycles. The zero-order chi connectivity index (χ0) is 19.9. The van der Waals surface area contributed by atoms with Crippen LogP contribution < -0.4 is 0 Å². The maximum absolute atomic E-state index is 12.7. The van der Waals surface area contributed by atoms with Crippen molar-refractivity contribution in [2.45, 2.75) is 53.1 Å². The predicted octanol–water partition coefficient (Wildman–Crippen LogP) is 4.10. The second kappa shape index (κ2) is 7.08. The lowest BCUT2D eigenvalue weighted by atomic mass is 9.87. The minimum absolute atomic E-state index is 0.265. The number of carbonyl (C=O) groups excluding carboxylic acids is 1. The number of nitrogens with zero attached hydrogens (tertiary/aromatic N) is 4. The molecule has 0 radical (unpaired) electrons. The Morgan fingerprint density at radius 1 is 1.29 bits per heavy atom. The van der Waals surface area contributed by atoms with Crippen molar-refractivity contribution in [1.82, 2.24) is 24.6 Å². The summed E-state index contributed by atoms with van der Waals surface area (Å²) in [7, 11) is 0. The number of hydrogen-bond acceptors (Lipinski definition) is 3. The molecule has 1 amide bonds. The summed E-state index contributed by atoms with van der Waals surface area (Å²) in [5.74, 6) is 0.837. The van der Waals surface area contributed by atoms with Gasteiger partial charge in [0.15, 0.2) is 0 Å². The molecule has 28 heavy (non-hydrogen) atoms. The monoisotopic (exact) mass is 379 g/mol. The minimum Gasteiger partial charge on any atom is -0.346 e. The van der Waals surface area contributed by atoms with Gasteiger partial charge in [0.2, 0.25) is 5.91 Å². The number of piperidine rings is 1. The number of amides is 1. The standard InChI is InChI=1S/C22H29N5O/c1-15-11-16(7-10-27(15)21(28)22(2,3)4)14-26-9-8-19-20(26)6-5-18(25-19)17-12-23-24-13-17/h5-6,8-9,12-13,15-16H,7,10-11,14H2,1-4H3,(H,23,24). The molecule has 6 nitrogen and oxygen atoms in total. The Balaban J connectivity index is 1.47. The highest BCUT2D eigenvalue weighted by atomic mass is 16.2. The molecule has 1 saturated heterocycles. The van der Waals surface area contributed by atoms with E-state index in [4.69, 9.17) is 4.98 Å². The molecule has 0 aliphatic carbocycles. The summed E-state index contributed by atoms with van der Waals surface area (Å²) < 4.78 is 2.31. The van der Waals surface area contributed by atoms with Crippen molar-refractivity contribution in [3.63, 3.8) is 0 Å². The van der Waals surface area contributed by atoms with Crippen LogP contribution in [0.1, 0.15) is 40.5 Å². The number of fused-ring (bicyclic) bond motifs is 1. The van der Waals surface area contributed by atoms with E-state index in [1.165, 1.54) is 0 Å². The summed E-state index contributed by atoms with van der Waals surface area (Å²) in [5, 5.41) is 6.84. The van der Waals surface area contributed by atoms with E-state index in [1.54, 1.807) is 6.20 Å². The number of hydrogen-bond donors (Lipinski definition) is 1. The zero-order valence-electron chi connectivity index (χ0n) is 17.1. The van der Waals surface area contributed by atoms with E-state index in [2.05, 4.69) is 51.0 Å². The molecule has 2 unspecified atom stereocenters. The molecule has 0 bridgehead atoms. The first-order chi connectivity index (χ1) is 13.3. The van der Waals surface area contributed by atoms with Gasteiger partial charge in [-0.1, -0.05) is 20.8 Å². The van der Waals surface area contributed by atoms with Gasteiger partial charge in [-0.15, -0.1) is 0 Å². The highest BCUT2D eigenvalue weighted by molar-refractivity contribution is 5.82. The van der Waals surface area contributed by atoms with Gasteiger partial charge < -0.3 is 9.47 Å². The summed E-state index contributed by atoms with van der Waals surface area (Å²) >= 11 is 0. The lowest BCUT2D eigenvalue weighted by Gasteiger charge is -2.40. The van der Waals surface area contributed by atoms with Crippen molar-refractivity contribution in [3.05, 3.63) is 36.8 Å². The summed E-state index contributed by atoms with van der Waals surface area (Å²) in [5.41, 5.74) is 3.79. The van der Waals surface area contributed by atoms with E-state index in [9.17, 15) is 4.79 Å². The van der Waals surface area contributed by atoms with Crippen LogP contribution in [0.15, 0.2) is 36.8 Å². The fourth-order valence-corrected chi connectivity index (χ4v) is 4.23. The molecule has 1 N–H and O–H groups in total. The van der Waals surface area contributed by atoms with Crippen LogP contribution in [-0.4, -0.2) is 43.1 Å². The lowest BCUT2D eigenvalue weighted by molar-refractivity contribution is -0.143. The Kier molecular flexibility index (Phi) is 4.73. The van der Waals surface area contributed by atoms with Gasteiger partial charge in [-0.05, 0) is 43.9 Å². The number of likely N-dealkylation sites (tertiary alicyclic amines) is 1. The largest absolute Gasteiger partial charge is 0.346 e. The third kappa shape index (κ3) is 3.55. The van der Waals surface area contributed by atoms with Gasteiger partial charge >= 0.3 is 0 Å². The Hall–Kier alpha value is -2.63. The molecule has 148 valence electrons. The van der Waals surface area contributed by atoms with Crippen LogP contribution in [0.2, 0.25) is 0 Å². The highest BCUT2D eigenvalue weighted by Gasteiger charge is 2.34. The molecule has 4 heterocycles. The summed E-state index contributed by atoms with van der Waals surface area (Å²) in [6.45, 7) is 10.0. The Bertz CT molecular complexity index is 967. The van der Waals surface area contributed by atoms with Crippen LogP contribution in [0, 0.1) is 11.3 Å². The van der Waals surface area contributed by atoms with Gasteiger partial charge in [0.25, 0.3) is 0 Å². The van der Waals surface area contributed by atoms with Gasteiger partial charge in [-0.2, -0.15) is 5.10 Å². The summed E-state index contributed by atoms with van der Waals surface area (Å²) in [6, 6.07) is 6.57. The number of H-pyrrole nitrogens is 1. The first-order valence-corrected chi connectivity index (χ1v) is 10.1. The molecule has 3 aromatic heterocycles. The van der Waals surface area contributed by atoms with Gasteiger partial charge in [0.1, 0.15) is 0 Å². The number of carbonyl (C=O) groups is 1. The number of nitrogens with one attached hydrogen (secondary N) is 1. The predicted molar refractivity (Wildman–Crippen MR) is 111 cm³/mol. The number of aromatic amines is 1. The van der Waals surface area contributed by atoms with E-state index in [-0.39, 0.29) is 17.4 Å². The van der Waals surface area contributed by atoms with Crippen molar-refractivity contribution in [1.29, 1.82) is 0 Å². The molecule has 1 aliphatic rings. The van der Waals surface area contributed by atoms with Crippen molar-refractivity contribution >= 4 is 16.9 Å². The molecule has 1 fully saturated rings. The molecule has 6 heteroatoms. The quantitative estimate of drug-likeness (QED) is 0.745. The highest BCUT2D eigenvalue weighted by Crippen LogP contribution is 2.30. The van der Waals surface area contributed by atoms with Crippen molar-refractivity contribution in [2.24, 2.45) is 11.3 Å². The molecular formula is C22H29N5O.